The molecular formula is C14H26N4. The van der Waals surface area contributed by atoms with Crippen LogP contribution in [0.15, 0.2) is 12.4 Å². The van der Waals surface area contributed by atoms with E-state index in [1.165, 1.54) is 12.8 Å². The molecule has 2 heterocycles. The van der Waals surface area contributed by atoms with E-state index in [1.54, 1.807) is 0 Å². The van der Waals surface area contributed by atoms with Gasteiger partial charge in [-0.2, -0.15) is 0 Å². The van der Waals surface area contributed by atoms with Crippen molar-refractivity contribution in [3.8, 4) is 0 Å². The van der Waals surface area contributed by atoms with Gasteiger partial charge in [-0.05, 0) is 31.6 Å². The molecule has 1 aliphatic heterocycles. The van der Waals surface area contributed by atoms with Crippen LogP contribution < -0.4 is 10.6 Å². The summed E-state index contributed by atoms with van der Waals surface area (Å²) in [5.41, 5.74) is 5.99. The molecule has 2 N–H and O–H groups in total. The van der Waals surface area contributed by atoms with Gasteiger partial charge in [0, 0.05) is 38.1 Å². The molecule has 1 saturated heterocycles. The molecule has 4 heteroatoms. The number of hydrogen-bond acceptors (Lipinski definition) is 3. The summed E-state index contributed by atoms with van der Waals surface area (Å²) >= 11 is 0. The first kappa shape index (κ1) is 13.4. The van der Waals surface area contributed by atoms with Crippen molar-refractivity contribution < 1.29 is 0 Å². The van der Waals surface area contributed by atoms with E-state index in [0.29, 0.717) is 17.9 Å². The van der Waals surface area contributed by atoms with Crippen molar-refractivity contribution in [2.24, 2.45) is 17.6 Å². The van der Waals surface area contributed by atoms with Crippen LogP contribution in [0.4, 0.5) is 5.95 Å². The van der Waals surface area contributed by atoms with E-state index in [4.69, 9.17) is 5.73 Å². The maximum atomic E-state index is 5.99. The zero-order valence-electron chi connectivity index (χ0n) is 11.8. The van der Waals surface area contributed by atoms with Crippen LogP contribution in [-0.2, 0) is 6.54 Å². The highest BCUT2D eigenvalue weighted by molar-refractivity contribution is 5.32. The summed E-state index contributed by atoms with van der Waals surface area (Å²) in [4.78, 5) is 6.92. The summed E-state index contributed by atoms with van der Waals surface area (Å²) in [6.07, 6.45) is 6.38. The van der Waals surface area contributed by atoms with Crippen LogP contribution in [0.3, 0.4) is 0 Å². The van der Waals surface area contributed by atoms with Crippen molar-refractivity contribution in [1.29, 1.82) is 0 Å². The van der Waals surface area contributed by atoms with Gasteiger partial charge in [0.1, 0.15) is 0 Å². The highest BCUT2D eigenvalue weighted by Crippen LogP contribution is 2.24. The van der Waals surface area contributed by atoms with Crippen molar-refractivity contribution in [3.63, 3.8) is 0 Å². The molecule has 0 spiro atoms. The number of rotatable bonds is 4. The zero-order chi connectivity index (χ0) is 13.1. The first-order valence-corrected chi connectivity index (χ1v) is 7.09. The number of hydrogen-bond donors (Lipinski definition) is 1. The molecule has 2 rings (SSSR count). The van der Waals surface area contributed by atoms with Crippen LogP contribution in [0.5, 0.6) is 0 Å². The summed E-state index contributed by atoms with van der Waals surface area (Å²) in [5, 5.41) is 0. The van der Waals surface area contributed by atoms with E-state index in [2.05, 4.69) is 41.4 Å². The lowest BCUT2D eigenvalue weighted by atomic mass is 9.91. The molecular weight excluding hydrogens is 224 g/mol. The van der Waals surface area contributed by atoms with Crippen LogP contribution in [0.2, 0.25) is 0 Å². The number of piperidine rings is 1. The topological polar surface area (TPSA) is 47.1 Å². The molecule has 0 aromatic carbocycles. The van der Waals surface area contributed by atoms with E-state index in [1.807, 2.05) is 6.20 Å². The Morgan fingerprint density at radius 3 is 2.56 bits per heavy atom. The minimum Gasteiger partial charge on any atom is -0.342 e. The second-order valence-electron chi connectivity index (χ2n) is 5.96. The molecule has 4 nitrogen and oxygen atoms in total. The van der Waals surface area contributed by atoms with E-state index in [-0.39, 0.29) is 0 Å². The zero-order valence-corrected chi connectivity index (χ0v) is 11.8. The summed E-state index contributed by atoms with van der Waals surface area (Å²) in [7, 11) is 0. The van der Waals surface area contributed by atoms with Gasteiger partial charge < -0.3 is 15.2 Å². The average Bonchev–Trinajstić information content (AvgIpc) is 2.76. The lowest BCUT2D eigenvalue weighted by molar-refractivity contribution is 0.350. The van der Waals surface area contributed by atoms with Crippen molar-refractivity contribution in [1.82, 2.24) is 9.55 Å². The minimum absolute atomic E-state index is 0.322. The van der Waals surface area contributed by atoms with Gasteiger partial charge in [-0.15, -0.1) is 0 Å². The first-order chi connectivity index (χ1) is 8.58. The normalized spacial score (nSPS) is 19.5. The fourth-order valence-electron chi connectivity index (χ4n) is 2.75. The van der Waals surface area contributed by atoms with Crippen LogP contribution >= 0.6 is 0 Å². The summed E-state index contributed by atoms with van der Waals surface area (Å²) in [6.45, 7) is 9.82. The molecule has 18 heavy (non-hydrogen) atoms. The van der Waals surface area contributed by atoms with Crippen LogP contribution in [0, 0.1) is 11.8 Å². The predicted molar refractivity (Wildman–Crippen MR) is 75.7 cm³/mol. The number of aromatic nitrogens is 2. The van der Waals surface area contributed by atoms with Gasteiger partial charge in [-0.1, -0.05) is 13.8 Å². The summed E-state index contributed by atoms with van der Waals surface area (Å²) in [6, 6.07) is 0.322. The van der Waals surface area contributed by atoms with E-state index in [0.717, 1.165) is 25.6 Å². The summed E-state index contributed by atoms with van der Waals surface area (Å²) in [5.74, 6) is 2.46. The van der Waals surface area contributed by atoms with E-state index in [9.17, 15) is 0 Å². The van der Waals surface area contributed by atoms with Crippen LogP contribution in [0.1, 0.15) is 33.6 Å². The Morgan fingerprint density at radius 2 is 2.00 bits per heavy atom. The molecule has 1 aromatic heterocycles. The maximum Gasteiger partial charge on any atom is 0.205 e. The quantitative estimate of drug-likeness (QED) is 0.890. The second kappa shape index (κ2) is 5.74. The monoisotopic (exact) mass is 250 g/mol. The standard InChI is InChI=1S/C14H26N4/c1-11(2)10-18-9-6-16-14(18)17-7-4-13(5-8-17)12(3)15/h6,9,11-13H,4-5,7-8,10,15H2,1-3H3. The third-order valence-electron chi connectivity index (χ3n) is 3.82. The van der Waals surface area contributed by atoms with Gasteiger partial charge in [0.2, 0.25) is 5.95 Å². The fraction of sp³-hybridized carbons (Fsp3) is 0.786. The number of imidazole rings is 1. The Hall–Kier alpha value is -1.03. The first-order valence-electron chi connectivity index (χ1n) is 7.09. The molecule has 0 saturated carbocycles. The maximum absolute atomic E-state index is 5.99. The molecule has 0 amide bonds. The van der Waals surface area contributed by atoms with Gasteiger partial charge in [0.15, 0.2) is 0 Å². The van der Waals surface area contributed by atoms with Gasteiger partial charge in [0.25, 0.3) is 0 Å². The van der Waals surface area contributed by atoms with Gasteiger partial charge in [-0.3, -0.25) is 0 Å². The SMILES string of the molecule is CC(C)Cn1ccnc1N1CCC(C(C)N)CC1. The largest absolute Gasteiger partial charge is 0.342 e. The number of nitrogens with zero attached hydrogens (tertiary/aromatic N) is 3. The molecule has 1 unspecified atom stereocenters. The van der Waals surface area contributed by atoms with Crippen molar-refractivity contribution >= 4 is 5.95 Å². The summed E-state index contributed by atoms with van der Waals surface area (Å²) < 4.78 is 2.27. The van der Waals surface area contributed by atoms with Gasteiger partial charge in [0.05, 0.1) is 0 Å². The Bertz CT molecular complexity index is 362. The van der Waals surface area contributed by atoms with Gasteiger partial charge in [-0.25, -0.2) is 4.98 Å². The highest BCUT2D eigenvalue weighted by atomic mass is 15.3. The molecule has 1 aliphatic rings. The number of nitrogens with two attached hydrogens (primary N) is 1. The molecule has 0 aliphatic carbocycles. The van der Waals surface area contributed by atoms with Crippen LogP contribution in [0.25, 0.3) is 0 Å². The second-order valence-corrected chi connectivity index (χ2v) is 5.96. The highest BCUT2D eigenvalue weighted by Gasteiger charge is 2.24. The third kappa shape index (κ3) is 3.05. The molecule has 1 aromatic rings. The fourth-order valence-corrected chi connectivity index (χ4v) is 2.75. The van der Waals surface area contributed by atoms with Crippen LogP contribution in [-0.4, -0.2) is 28.7 Å². The Kier molecular flexibility index (Phi) is 4.27. The van der Waals surface area contributed by atoms with E-state index >= 15 is 0 Å². The lowest BCUT2D eigenvalue weighted by Gasteiger charge is -2.34. The Morgan fingerprint density at radius 1 is 1.33 bits per heavy atom. The van der Waals surface area contributed by atoms with Crippen molar-refractivity contribution in [3.05, 3.63) is 12.4 Å². The van der Waals surface area contributed by atoms with Crippen molar-refractivity contribution in [2.45, 2.75) is 46.2 Å². The smallest absolute Gasteiger partial charge is 0.205 e. The Balaban J connectivity index is 1.99. The lowest BCUT2D eigenvalue weighted by Crippen LogP contribution is -2.40. The average molecular weight is 250 g/mol. The van der Waals surface area contributed by atoms with E-state index < -0.39 is 0 Å². The van der Waals surface area contributed by atoms with Crippen molar-refractivity contribution in [2.75, 3.05) is 18.0 Å². The molecule has 0 bridgehead atoms. The van der Waals surface area contributed by atoms with Gasteiger partial charge >= 0.3 is 0 Å². The molecule has 102 valence electrons. The number of anilines is 1. The third-order valence-corrected chi connectivity index (χ3v) is 3.82. The Labute approximate surface area is 110 Å². The predicted octanol–water partition coefficient (Wildman–Crippen LogP) is 2.10. The molecule has 1 atom stereocenters. The molecule has 1 fully saturated rings. The minimum atomic E-state index is 0.322. The molecule has 0 radical (unpaired) electrons.